The topological polar surface area (TPSA) is 95.7 Å². The Kier molecular flexibility index (Phi) is 5.90. The van der Waals surface area contributed by atoms with E-state index in [4.69, 9.17) is 0 Å². The van der Waals surface area contributed by atoms with E-state index in [-0.39, 0.29) is 0 Å². The number of rotatable bonds is 8. The summed E-state index contributed by atoms with van der Waals surface area (Å²) in [5.41, 5.74) is -0.677. The summed E-state index contributed by atoms with van der Waals surface area (Å²) in [7, 11) is -6.82. The molecular weight excluding hydrogens is 450 g/mol. The molecule has 0 radical (unpaired) electrons. The predicted molar refractivity (Wildman–Crippen MR) is 69.4 cm³/mol. The van der Waals surface area contributed by atoms with Crippen molar-refractivity contribution >= 4 is 27.4 Å². The molecule has 0 aromatic heterocycles. The number of nitro benzene ring substituents is 1. The number of nitrogens with zero attached hydrogens (tertiary/aromatic N) is 1. The molecule has 0 unspecified atom stereocenters. The number of benzene rings is 1. The first kappa shape index (κ1) is 23.1. The molecule has 1 aromatic rings. The van der Waals surface area contributed by atoms with E-state index < -0.39 is 49.3 Å². The van der Waals surface area contributed by atoms with Crippen LogP contribution in [0.4, 0.5) is 40.8 Å². The fraction of sp³-hybridized carbons (Fsp3) is 0.400. The van der Waals surface area contributed by atoms with Crippen molar-refractivity contribution in [3.05, 3.63) is 34.4 Å². The van der Waals surface area contributed by atoms with Crippen LogP contribution in [0.1, 0.15) is 0 Å². The Hall–Kier alpha value is -1.94. The van der Waals surface area contributed by atoms with Gasteiger partial charge in [-0.1, -0.05) is 0 Å². The third-order valence-corrected chi connectivity index (χ3v) is 3.99. The van der Waals surface area contributed by atoms with Gasteiger partial charge in [0.2, 0.25) is 0 Å². The average Bonchev–Trinajstić information content (AvgIpc) is 2.44. The van der Waals surface area contributed by atoms with Crippen LogP contribution in [0.2, 0.25) is 0 Å². The highest BCUT2D eigenvalue weighted by atomic mass is 35.5. The van der Waals surface area contributed by atoms with Crippen molar-refractivity contribution in [2.45, 2.75) is 22.9 Å². The van der Waals surface area contributed by atoms with Crippen LogP contribution < -0.4 is 4.18 Å². The molecule has 1 aromatic carbocycles. The summed E-state index contributed by atoms with van der Waals surface area (Å²) in [4.78, 5) is 9.37. The lowest BCUT2D eigenvalue weighted by Gasteiger charge is -2.29. The number of nitro groups is 1. The Bertz CT molecular complexity index is 810. The standard InChI is InChI=1S/C10H4ClF8NO6S/c11-7(12,13)8(14,15)26-9(16,17)10(18,19)27(23,24)25-6-3-1-5(2-4-6)20(21)22/h1-4H. The summed E-state index contributed by atoms with van der Waals surface area (Å²) in [6.45, 7) is 0. The summed E-state index contributed by atoms with van der Waals surface area (Å²) in [6, 6.07) is 1.85. The van der Waals surface area contributed by atoms with Gasteiger partial charge in [0, 0.05) is 12.1 Å². The number of ether oxygens (including phenoxy) is 1. The van der Waals surface area contributed by atoms with Crippen LogP contribution in [0.25, 0.3) is 0 Å². The molecule has 0 amide bonds. The molecule has 0 fully saturated rings. The second-order valence-electron chi connectivity index (χ2n) is 4.44. The van der Waals surface area contributed by atoms with Gasteiger partial charge in [0.15, 0.2) is 0 Å². The van der Waals surface area contributed by atoms with Crippen molar-refractivity contribution < 1.29 is 57.4 Å². The number of non-ortho nitro benzene ring substituents is 1. The molecule has 7 nitrogen and oxygen atoms in total. The molecule has 0 N–H and O–H groups in total. The minimum Gasteiger partial charge on any atom is -0.378 e. The minimum absolute atomic E-state index is 0.395. The van der Waals surface area contributed by atoms with Crippen molar-refractivity contribution in [2.75, 3.05) is 0 Å². The van der Waals surface area contributed by atoms with Gasteiger partial charge in [-0.25, -0.2) is 4.74 Å². The van der Waals surface area contributed by atoms with Gasteiger partial charge in [0.25, 0.3) is 5.69 Å². The van der Waals surface area contributed by atoms with Gasteiger partial charge in [-0.2, -0.15) is 43.5 Å². The van der Waals surface area contributed by atoms with E-state index in [1.165, 1.54) is 0 Å². The summed E-state index contributed by atoms with van der Waals surface area (Å²) >= 11 is 3.74. The van der Waals surface area contributed by atoms with Crippen LogP contribution in [0.5, 0.6) is 5.75 Å². The van der Waals surface area contributed by atoms with Crippen LogP contribution in [0, 0.1) is 10.1 Å². The van der Waals surface area contributed by atoms with Gasteiger partial charge in [0.1, 0.15) is 5.75 Å². The van der Waals surface area contributed by atoms with E-state index in [0.717, 1.165) is 0 Å². The maximum absolute atomic E-state index is 13.5. The summed E-state index contributed by atoms with van der Waals surface area (Å²) < 4.78 is 131. The number of hydrogen-bond donors (Lipinski definition) is 0. The quantitative estimate of drug-likeness (QED) is 0.195. The Balaban J connectivity index is 3.17. The molecule has 27 heavy (non-hydrogen) atoms. The van der Waals surface area contributed by atoms with E-state index in [9.17, 15) is 53.7 Å². The number of hydrogen-bond acceptors (Lipinski definition) is 6. The fourth-order valence-electron chi connectivity index (χ4n) is 1.23. The van der Waals surface area contributed by atoms with Crippen molar-refractivity contribution in [3.8, 4) is 5.75 Å². The number of halogens is 9. The molecule has 0 saturated carbocycles. The zero-order valence-corrected chi connectivity index (χ0v) is 13.6. The SMILES string of the molecule is O=[N+]([O-])c1ccc(OS(=O)(=O)C(F)(F)C(F)(F)OC(F)(F)C(F)(F)Cl)cc1. The molecule has 17 heteroatoms. The lowest BCUT2D eigenvalue weighted by molar-refractivity contribution is -0.443. The second-order valence-corrected chi connectivity index (χ2v) is 6.50. The maximum atomic E-state index is 13.5. The Morgan fingerprint density at radius 2 is 1.37 bits per heavy atom. The third kappa shape index (κ3) is 4.67. The maximum Gasteiger partial charge on any atom is 0.471 e. The van der Waals surface area contributed by atoms with Crippen molar-refractivity contribution in [1.82, 2.24) is 0 Å². The molecule has 154 valence electrons. The fourth-order valence-corrected chi connectivity index (χ4v) is 2.07. The predicted octanol–water partition coefficient (Wildman–Crippen LogP) is 3.93. The third-order valence-electron chi connectivity index (χ3n) is 2.49. The normalized spacial score (nSPS) is 14.1. The van der Waals surface area contributed by atoms with Crippen molar-refractivity contribution in [3.63, 3.8) is 0 Å². The van der Waals surface area contributed by atoms with E-state index >= 15 is 0 Å². The first-order valence-corrected chi connectivity index (χ1v) is 7.71. The highest BCUT2D eigenvalue weighted by Gasteiger charge is 2.75. The van der Waals surface area contributed by atoms with E-state index in [0.29, 0.717) is 24.3 Å². The molecule has 0 aliphatic heterocycles. The summed E-state index contributed by atoms with van der Waals surface area (Å²) in [6.07, 6.45) is -13.1. The van der Waals surface area contributed by atoms with Gasteiger partial charge in [-0.15, -0.1) is 0 Å². The zero-order valence-electron chi connectivity index (χ0n) is 12.0. The highest BCUT2D eigenvalue weighted by Crippen LogP contribution is 2.48. The minimum atomic E-state index is -6.82. The van der Waals surface area contributed by atoms with Gasteiger partial charge < -0.3 is 4.18 Å². The lowest BCUT2D eigenvalue weighted by atomic mass is 10.3. The molecule has 0 heterocycles. The molecule has 0 aliphatic carbocycles. The van der Waals surface area contributed by atoms with Gasteiger partial charge in [0.05, 0.1) is 4.92 Å². The van der Waals surface area contributed by atoms with Gasteiger partial charge >= 0.3 is 33.0 Å². The summed E-state index contributed by atoms with van der Waals surface area (Å²) in [5, 5.41) is -2.13. The van der Waals surface area contributed by atoms with Crippen LogP contribution in [-0.4, -0.2) is 36.2 Å². The van der Waals surface area contributed by atoms with Crippen LogP contribution >= 0.6 is 11.6 Å². The van der Waals surface area contributed by atoms with Crippen molar-refractivity contribution in [1.29, 1.82) is 0 Å². The van der Waals surface area contributed by atoms with Crippen molar-refractivity contribution in [2.24, 2.45) is 0 Å². The lowest BCUT2D eigenvalue weighted by Crippen LogP contribution is -2.55. The average molecular weight is 454 g/mol. The zero-order chi connectivity index (χ0) is 21.5. The van der Waals surface area contributed by atoms with Crippen LogP contribution in [0.3, 0.4) is 0 Å². The van der Waals surface area contributed by atoms with E-state index in [2.05, 4.69) is 15.8 Å². The molecule has 0 aliphatic rings. The molecule has 0 bridgehead atoms. The van der Waals surface area contributed by atoms with Crippen LogP contribution in [0.15, 0.2) is 24.3 Å². The van der Waals surface area contributed by atoms with E-state index in [1.54, 1.807) is 0 Å². The first-order chi connectivity index (χ1) is 11.8. The van der Waals surface area contributed by atoms with Gasteiger partial charge in [-0.05, 0) is 23.7 Å². The molecule has 0 saturated heterocycles. The summed E-state index contributed by atoms with van der Waals surface area (Å²) in [5.74, 6) is -1.16. The van der Waals surface area contributed by atoms with Gasteiger partial charge in [-0.3, -0.25) is 10.1 Å². The first-order valence-electron chi connectivity index (χ1n) is 5.93. The molecular formula is C10H4ClF8NO6S. The smallest absolute Gasteiger partial charge is 0.378 e. The monoisotopic (exact) mass is 453 g/mol. The Morgan fingerprint density at radius 3 is 1.74 bits per heavy atom. The Labute approximate surface area is 148 Å². The van der Waals surface area contributed by atoms with Crippen LogP contribution in [-0.2, 0) is 14.9 Å². The molecule has 1 rings (SSSR count). The highest BCUT2D eigenvalue weighted by molar-refractivity contribution is 7.88. The van der Waals surface area contributed by atoms with E-state index in [1.807, 2.05) is 4.74 Å². The second kappa shape index (κ2) is 6.90. The number of alkyl halides is 9. The largest absolute Gasteiger partial charge is 0.471 e. The Morgan fingerprint density at radius 1 is 0.926 bits per heavy atom. The molecule has 0 atom stereocenters. The molecule has 0 spiro atoms.